The Bertz CT molecular complexity index is 673. The van der Waals surface area contributed by atoms with Gasteiger partial charge in [0, 0.05) is 32.6 Å². The number of hydrogen-bond donors (Lipinski definition) is 2. The van der Waals surface area contributed by atoms with Gasteiger partial charge in [-0.25, -0.2) is 0 Å². The molecule has 1 aliphatic rings. The van der Waals surface area contributed by atoms with Crippen LogP contribution in [0.4, 0.5) is 0 Å². The molecule has 132 valence electrons. The number of carbonyl (C=O) groups excluding carboxylic acids is 1. The van der Waals surface area contributed by atoms with Crippen molar-refractivity contribution in [2.24, 2.45) is 0 Å². The summed E-state index contributed by atoms with van der Waals surface area (Å²) in [5.74, 6) is 0.818. The van der Waals surface area contributed by atoms with E-state index in [2.05, 4.69) is 22.3 Å². The zero-order chi connectivity index (χ0) is 17.5. The van der Waals surface area contributed by atoms with Gasteiger partial charge >= 0.3 is 0 Å². The molecule has 0 aliphatic carbocycles. The Morgan fingerprint density at radius 3 is 2.52 bits per heavy atom. The molecule has 2 aromatic carbocycles. The number of nitrogens with one attached hydrogen (secondary N) is 1. The quantitative estimate of drug-likeness (QED) is 0.843. The minimum absolute atomic E-state index is 0.0757. The van der Waals surface area contributed by atoms with Gasteiger partial charge in [-0.2, -0.15) is 0 Å². The fourth-order valence-electron chi connectivity index (χ4n) is 2.91. The second-order valence-electron chi connectivity index (χ2n) is 6.26. The fourth-order valence-corrected chi connectivity index (χ4v) is 2.91. The summed E-state index contributed by atoms with van der Waals surface area (Å²) in [5, 5.41) is 13.0. The summed E-state index contributed by atoms with van der Waals surface area (Å²) in [6.45, 7) is 2.82. The van der Waals surface area contributed by atoms with Crippen molar-refractivity contribution < 1.29 is 14.6 Å². The molecule has 1 amide bonds. The first kappa shape index (κ1) is 17.5. The highest BCUT2D eigenvalue weighted by Gasteiger charge is 2.16. The van der Waals surface area contributed by atoms with Crippen molar-refractivity contribution in [2.75, 3.05) is 32.8 Å². The van der Waals surface area contributed by atoms with Crippen LogP contribution in [0.15, 0.2) is 54.6 Å². The minimum atomic E-state index is -0.581. The van der Waals surface area contributed by atoms with Crippen LogP contribution < -0.4 is 10.1 Å². The summed E-state index contributed by atoms with van der Waals surface area (Å²) >= 11 is 0. The van der Waals surface area contributed by atoms with Gasteiger partial charge in [-0.3, -0.25) is 9.69 Å². The maximum atomic E-state index is 11.3. The van der Waals surface area contributed by atoms with Gasteiger partial charge in [-0.15, -0.1) is 0 Å². The van der Waals surface area contributed by atoms with Gasteiger partial charge in [-0.1, -0.05) is 42.5 Å². The van der Waals surface area contributed by atoms with Gasteiger partial charge in [-0.05, 0) is 23.3 Å². The SMILES string of the molecule is O=C1CCN(CC(O)COc2ccc(-c3ccccc3)cc2)CCN1. The summed E-state index contributed by atoms with van der Waals surface area (Å²) in [7, 11) is 0. The Balaban J connectivity index is 1.47. The molecule has 1 heterocycles. The van der Waals surface area contributed by atoms with Crippen LogP contribution >= 0.6 is 0 Å². The van der Waals surface area contributed by atoms with Crippen LogP contribution in [-0.2, 0) is 4.79 Å². The maximum Gasteiger partial charge on any atom is 0.221 e. The van der Waals surface area contributed by atoms with Crippen molar-refractivity contribution in [1.82, 2.24) is 10.2 Å². The summed E-state index contributed by atoms with van der Waals surface area (Å²) in [6, 6.07) is 18.0. The van der Waals surface area contributed by atoms with E-state index in [0.29, 0.717) is 26.1 Å². The van der Waals surface area contributed by atoms with E-state index in [1.807, 2.05) is 42.5 Å². The van der Waals surface area contributed by atoms with Crippen molar-refractivity contribution in [3.05, 3.63) is 54.6 Å². The normalized spacial score (nSPS) is 16.8. The number of ether oxygens (including phenoxy) is 1. The Morgan fingerprint density at radius 2 is 1.76 bits per heavy atom. The highest BCUT2D eigenvalue weighted by Crippen LogP contribution is 2.22. The van der Waals surface area contributed by atoms with Gasteiger partial charge < -0.3 is 15.2 Å². The number of aliphatic hydroxyl groups excluding tert-OH is 1. The van der Waals surface area contributed by atoms with Crippen molar-refractivity contribution >= 4 is 5.91 Å². The summed E-state index contributed by atoms with van der Waals surface area (Å²) in [6.07, 6.45) is -0.101. The average molecular weight is 340 g/mol. The van der Waals surface area contributed by atoms with E-state index in [1.165, 1.54) is 5.56 Å². The van der Waals surface area contributed by atoms with Crippen LogP contribution in [-0.4, -0.2) is 54.8 Å². The van der Waals surface area contributed by atoms with Gasteiger partial charge in [0.05, 0.1) is 0 Å². The van der Waals surface area contributed by atoms with Crippen LogP contribution in [0, 0.1) is 0 Å². The first-order valence-electron chi connectivity index (χ1n) is 8.66. The summed E-state index contributed by atoms with van der Waals surface area (Å²) < 4.78 is 5.69. The molecule has 0 aromatic heterocycles. The van der Waals surface area contributed by atoms with Crippen LogP contribution in [0.3, 0.4) is 0 Å². The molecule has 25 heavy (non-hydrogen) atoms. The second kappa shape index (κ2) is 8.65. The largest absolute Gasteiger partial charge is 0.491 e. The van der Waals surface area contributed by atoms with E-state index in [4.69, 9.17) is 4.74 Å². The van der Waals surface area contributed by atoms with Gasteiger partial charge in [0.25, 0.3) is 0 Å². The topological polar surface area (TPSA) is 61.8 Å². The molecule has 1 fully saturated rings. The molecular formula is C20H24N2O3. The molecule has 5 heteroatoms. The number of rotatable bonds is 6. The third-order valence-electron chi connectivity index (χ3n) is 4.28. The van der Waals surface area contributed by atoms with Gasteiger partial charge in [0.15, 0.2) is 0 Å². The molecule has 1 aliphatic heterocycles. The lowest BCUT2D eigenvalue weighted by Crippen LogP contribution is -2.37. The van der Waals surface area contributed by atoms with E-state index in [0.717, 1.165) is 17.9 Å². The molecular weight excluding hydrogens is 316 g/mol. The van der Waals surface area contributed by atoms with Crippen molar-refractivity contribution in [3.8, 4) is 16.9 Å². The first-order valence-corrected chi connectivity index (χ1v) is 8.66. The van der Waals surface area contributed by atoms with E-state index in [1.54, 1.807) is 0 Å². The molecule has 3 rings (SSSR count). The molecule has 5 nitrogen and oxygen atoms in total. The predicted octanol–water partition coefficient (Wildman–Crippen LogP) is 1.92. The van der Waals surface area contributed by atoms with E-state index < -0.39 is 6.10 Å². The van der Waals surface area contributed by atoms with Crippen LogP contribution in [0.1, 0.15) is 6.42 Å². The number of nitrogens with zero attached hydrogens (tertiary/aromatic N) is 1. The lowest BCUT2D eigenvalue weighted by Gasteiger charge is -2.22. The van der Waals surface area contributed by atoms with E-state index in [-0.39, 0.29) is 12.5 Å². The lowest BCUT2D eigenvalue weighted by molar-refractivity contribution is -0.120. The van der Waals surface area contributed by atoms with Crippen molar-refractivity contribution in [2.45, 2.75) is 12.5 Å². The lowest BCUT2D eigenvalue weighted by atomic mass is 10.1. The number of benzene rings is 2. The third-order valence-corrected chi connectivity index (χ3v) is 4.28. The standard InChI is InChI=1S/C20H24N2O3/c23-18(14-22-12-10-20(24)21-11-13-22)15-25-19-8-6-17(7-9-19)16-4-2-1-3-5-16/h1-9,18,23H,10-15H2,(H,21,24). The Kier molecular flexibility index (Phi) is 6.04. The Hall–Kier alpha value is -2.37. The average Bonchev–Trinajstić information content (AvgIpc) is 2.85. The predicted molar refractivity (Wildman–Crippen MR) is 97.4 cm³/mol. The van der Waals surface area contributed by atoms with Gasteiger partial charge in [0.2, 0.25) is 5.91 Å². The van der Waals surface area contributed by atoms with Crippen LogP contribution in [0.25, 0.3) is 11.1 Å². The zero-order valence-electron chi connectivity index (χ0n) is 14.2. The zero-order valence-corrected chi connectivity index (χ0v) is 14.2. The summed E-state index contributed by atoms with van der Waals surface area (Å²) in [4.78, 5) is 13.4. The molecule has 1 atom stereocenters. The third kappa shape index (κ3) is 5.31. The van der Waals surface area contributed by atoms with Crippen LogP contribution in [0.2, 0.25) is 0 Å². The van der Waals surface area contributed by atoms with E-state index in [9.17, 15) is 9.90 Å². The smallest absolute Gasteiger partial charge is 0.221 e. The Morgan fingerprint density at radius 1 is 1.04 bits per heavy atom. The maximum absolute atomic E-state index is 11.3. The molecule has 1 saturated heterocycles. The number of amides is 1. The molecule has 2 aromatic rings. The van der Waals surface area contributed by atoms with Crippen molar-refractivity contribution in [3.63, 3.8) is 0 Å². The molecule has 0 spiro atoms. The highest BCUT2D eigenvalue weighted by atomic mass is 16.5. The fraction of sp³-hybridized carbons (Fsp3) is 0.350. The number of aliphatic hydroxyl groups is 1. The first-order chi connectivity index (χ1) is 12.2. The highest BCUT2D eigenvalue weighted by molar-refractivity contribution is 5.76. The summed E-state index contributed by atoms with van der Waals surface area (Å²) in [5.41, 5.74) is 2.30. The molecule has 0 saturated carbocycles. The number of β-amino-alcohol motifs (C(OH)–C–C–N with tert-alkyl or cyclic N) is 1. The van der Waals surface area contributed by atoms with Gasteiger partial charge in [0.1, 0.15) is 18.5 Å². The minimum Gasteiger partial charge on any atom is -0.491 e. The molecule has 0 radical (unpaired) electrons. The molecule has 1 unspecified atom stereocenters. The molecule has 2 N–H and O–H groups in total. The van der Waals surface area contributed by atoms with Crippen LogP contribution in [0.5, 0.6) is 5.75 Å². The monoisotopic (exact) mass is 340 g/mol. The molecule has 0 bridgehead atoms. The number of hydrogen-bond acceptors (Lipinski definition) is 4. The van der Waals surface area contributed by atoms with Crippen molar-refractivity contribution in [1.29, 1.82) is 0 Å². The Labute approximate surface area is 148 Å². The number of carbonyl (C=O) groups is 1. The van der Waals surface area contributed by atoms with E-state index >= 15 is 0 Å². The second-order valence-corrected chi connectivity index (χ2v) is 6.26.